The topological polar surface area (TPSA) is 45.2 Å². The van der Waals surface area contributed by atoms with Crippen LogP contribution in [0.15, 0.2) is 24.4 Å². The summed E-state index contributed by atoms with van der Waals surface area (Å²) >= 11 is 0. The van der Waals surface area contributed by atoms with Crippen molar-refractivity contribution in [3.05, 3.63) is 30.1 Å². The summed E-state index contributed by atoms with van der Waals surface area (Å²) in [5.41, 5.74) is 1.46. The minimum absolute atomic E-state index is 0.0141. The molecule has 1 N–H and O–H groups in total. The molecule has 1 heterocycles. The van der Waals surface area contributed by atoms with Crippen LogP contribution in [-0.2, 0) is 6.54 Å². The molecule has 0 saturated heterocycles. The lowest BCUT2D eigenvalue weighted by Crippen LogP contribution is -2.50. The van der Waals surface area contributed by atoms with E-state index >= 15 is 0 Å². The summed E-state index contributed by atoms with van der Waals surface area (Å²) in [7, 11) is 1.84. The van der Waals surface area contributed by atoms with Gasteiger partial charge in [-0.1, -0.05) is 26.8 Å². The molecule has 2 saturated carbocycles. The molecule has 2 bridgehead atoms. The second-order valence-electron chi connectivity index (χ2n) is 7.79. The third-order valence-electron chi connectivity index (χ3n) is 6.56. The number of amides is 2. The number of pyridine rings is 1. The number of hydrogen-bond donors (Lipinski definition) is 1. The highest BCUT2D eigenvalue weighted by atomic mass is 16.2. The average Bonchev–Trinajstić information content (AvgIpc) is 2.81. The molecule has 0 spiro atoms. The Hall–Kier alpha value is -1.58. The van der Waals surface area contributed by atoms with E-state index in [0.29, 0.717) is 18.0 Å². The molecule has 3 rings (SSSR count). The molecule has 3 unspecified atom stereocenters. The normalized spacial score (nSPS) is 32.0. The number of carbonyl (C=O) groups excluding carboxylic acids is 1. The van der Waals surface area contributed by atoms with Crippen LogP contribution in [0.25, 0.3) is 0 Å². The molecule has 2 amide bonds. The fourth-order valence-corrected chi connectivity index (χ4v) is 4.49. The Kier molecular flexibility index (Phi) is 3.66. The SMILES string of the molecule is CN(Cc1ccccn1)C(=O)NC1CC2CCC1(C)C2(C)C. The molecule has 2 aliphatic carbocycles. The first-order valence-corrected chi connectivity index (χ1v) is 8.26. The minimum atomic E-state index is 0.0141. The number of hydrogen-bond acceptors (Lipinski definition) is 2. The molecule has 1 aromatic rings. The van der Waals surface area contributed by atoms with E-state index in [0.717, 1.165) is 18.0 Å². The molecule has 2 aliphatic rings. The maximum absolute atomic E-state index is 12.5. The van der Waals surface area contributed by atoms with Crippen molar-refractivity contribution in [1.29, 1.82) is 0 Å². The van der Waals surface area contributed by atoms with Gasteiger partial charge in [0.15, 0.2) is 0 Å². The van der Waals surface area contributed by atoms with E-state index in [-0.39, 0.29) is 11.4 Å². The van der Waals surface area contributed by atoms with Crippen molar-refractivity contribution in [3.63, 3.8) is 0 Å². The number of aromatic nitrogens is 1. The summed E-state index contributed by atoms with van der Waals surface area (Å²) in [4.78, 5) is 18.5. The van der Waals surface area contributed by atoms with Gasteiger partial charge in [-0.3, -0.25) is 4.98 Å². The third kappa shape index (κ3) is 2.29. The van der Waals surface area contributed by atoms with E-state index in [4.69, 9.17) is 0 Å². The van der Waals surface area contributed by atoms with E-state index in [2.05, 4.69) is 31.1 Å². The molecule has 4 nitrogen and oxygen atoms in total. The Bertz CT molecular complexity index is 557. The van der Waals surface area contributed by atoms with Crippen molar-refractivity contribution in [2.75, 3.05) is 7.05 Å². The molecule has 3 atom stereocenters. The van der Waals surface area contributed by atoms with Gasteiger partial charge in [0.25, 0.3) is 0 Å². The van der Waals surface area contributed by atoms with Gasteiger partial charge >= 0.3 is 6.03 Å². The van der Waals surface area contributed by atoms with Crippen molar-refractivity contribution >= 4 is 6.03 Å². The van der Waals surface area contributed by atoms with E-state index in [9.17, 15) is 4.79 Å². The molecule has 4 heteroatoms. The van der Waals surface area contributed by atoms with E-state index in [1.54, 1.807) is 11.1 Å². The van der Waals surface area contributed by atoms with Crippen LogP contribution < -0.4 is 5.32 Å². The highest BCUT2D eigenvalue weighted by molar-refractivity contribution is 5.74. The number of nitrogens with one attached hydrogen (secondary N) is 1. The van der Waals surface area contributed by atoms with Crippen LogP contribution in [0.5, 0.6) is 0 Å². The highest BCUT2D eigenvalue weighted by Gasteiger charge is 2.61. The van der Waals surface area contributed by atoms with E-state index < -0.39 is 0 Å². The number of carbonyl (C=O) groups is 1. The van der Waals surface area contributed by atoms with Gasteiger partial charge in [0.2, 0.25) is 0 Å². The number of fused-ring (bicyclic) bond motifs is 2. The van der Waals surface area contributed by atoms with Crippen LogP contribution in [-0.4, -0.2) is 29.0 Å². The summed E-state index contributed by atoms with van der Waals surface area (Å²) < 4.78 is 0. The Balaban J connectivity index is 1.63. The number of rotatable bonds is 3. The van der Waals surface area contributed by atoms with Gasteiger partial charge in [-0.2, -0.15) is 0 Å². The van der Waals surface area contributed by atoms with Gasteiger partial charge < -0.3 is 10.2 Å². The molecule has 2 fully saturated rings. The highest BCUT2D eigenvalue weighted by Crippen LogP contribution is 2.65. The number of nitrogens with zero attached hydrogens (tertiary/aromatic N) is 2. The molecule has 1 aromatic heterocycles. The Labute approximate surface area is 133 Å². The maximum Gasteiger partial charge on any atom is 0.317 e. The quantitative estimate of drug-likeness (QED) is 0.929. The van der Waals surface area contributed by atoms with Crippen LogP contribution in [0.4, 0.5) is 4.79 Å². The van der Waals surface area contributed by atoms with Gasteiger partial charge in [-0.05, 0) is 48.1 Å². The molecular weight excluding hydrogens is 274 g/mol. The lowest BCUT2D eigenvalue weighted by molar-refractivity contribution is 0.118. The third-order valence-corrected chi connectivity index (χ3v) is 6.56. The fraction of sp³-hybridized carbons (Fsp3) is 0.667. The van der Waals surface area contributed by atoms with E-state index in [1.807, 2.05) is 25.2 Å². The molecule has 0 aromatic carbocycles. The minimum Gasteiger partial charge on any atom is -0.335 e. The second kappa shape index (κ2) is 5.25. The summed E-state index contributed by atoms with van der Waals surface area (Å²) in [6.07, 6.45) is 5.41. The average molecular weight is 301 g/mol. The monoisotopic (exact) mass is 301 g/mol. The van der Waals surface area contributed by atoms with Crippen LogP contribution in [0, 0.1) is 16.7 Å². The molecule has 22 heavy (non-hydrogen) atoms. The van der Waals surface area contributed by atoms with Crippen LogP contribution in [0.3, 0.4) is 0 Å². The Morgan fingerprint density at radius 1 is 1.41 bits per heavy atom. The summed E-state index contributed by atoms with van der Waals surface area (Å²) in [6.45, 7) is 7.63. The maximum atomic E-state index is 12.5. The lowest BCUT2D eigenvalue weighted by atomic mass is 9.69. The standard InChI is InChI=1S/C18H27N3O/c1-17(2)13-8-9-18(17,3)15(11-13)20-16(22)21(4)12-14-7-5-6-10-19-14/h5-7,10,13,15H,8-9,11-12H2,1-4H3,(H,20,22). The predicted molar refractivity (Wildman–Crippen MR) is 87.3 cm³/mol. The lowest BCUT2D eigenvalue weighted by Gasteiger charge is -2.40. The zero-order chi connectivity index (χ0) is 16.0. The summed E-state index contributed by atoms with van der Waals surface area (Å²) in [5, 5.41) is 3.29. The van der Waals surface area contributed by atoms with Gasteiger partial charge in [-0.25, -0.2) is 4.79 Å². The van der Waals surface area contributed by atoms with Gasteiger partial charge in [0.05, 0.1) is 12.2 Å². The summed E-state index contributed by atoms with van der Waals surface area (Å²) in [6, 6.07) is 6.10. The first-order chi connectivity index (χ1) is 10.3. The van der Waals surface area contributed by atoms with Crippen LogP contribution >= 0.6 is 0 Å². The fourth-order valence-electron chi connectivity index (χ4n) is 4.49. The van der Waals surface area contributed by atoms with Crippen molar-refractivity contribution in [3.8, 4) is 0 Å². The van der Waals surface area contributed by atoms with Crippen molar-refractivity contribution < 1.29 is 4.79 Å². The molecule has 120 valence electrons. The van der Waals surface area contributed by atoms with Crippen LogP contribution in [0.2, 0.25) is 0 Å². The first kappa shape index (κ1) is 15.3. The summed E-state index contributed by atoms with van der Waals surface area (Å²) in [5.74, 6) is 0.740. The Morgan fingerprint density at radius 3 is 2.73 bits per heavy atom. The zero-order valence-corrected chi connectivity index (χ0v) is 14.1. The molecule has 0 aliphatic heterocycles. The van der Waals surface area contributed by atoms with Gasteiger partial charge in [0.1, 0.15) is 0 Å². The molecule has 0 radical (unpaired) electrons. The van der Waals surface area contributed by atoms with Crippen molar-refractivity contribution in [2.45, 2.75) is 52.6 Å². The van der Waals surface area contributed by atoms with Crippen molar-refractivity contribution in [2.24, 2.45) is 16.7 Å². The second-order valence-corrected chi connectivity index (χ2v) is 7.79. The molecular formula is C18H27N3O. The Morgan fingerprint density at radius 2 is 2.18 bits per heavy atom. The van der Waals surface area contributed by atoms with Crippen molar-refractivity contribution in [1.82, 2.24) is 15.2 Å². The smallest absolute Gasteiger partial charge is 0.317 e. The largest absolute Gasteiger partial charge is 0.335 e. The van der Waals surface area contributed by atoms with Gasteiger partial charge in [-0.15, -0.1) is 0 Å². The first-order valence-electron chi connectivity index (χ1n) is 8.26. The van der Waals surface area contributed by atoms with Crippen LogP contribution in [0.1, 0.15) is 45.7 Å². The predicted octanol–water partition coefficient (Wildman–Crippen LogP) is 3.44. The van der Waals surface area contributed by atoms with Gasteiger partial charge in [0, 0.05) is 19.3 Å². The zero-order valence-electron chi connectivity index (χ0n) is 14.1. The van der Waals surface area contributed by atoms with E-state index in [1.165, 1.54) is 12.8 Å². The number of urea groups is 1.